The lowest BCUT2D eigenvalue weighted by molar-refractivity contribution is 0.0133. The van der Waals surface area contributed by atoms with E-state index in [1.54, 1.807) is 6.07 Å². The molecule has 2 aliphatic heterocycles. The molecule has 0 bridgehead atoms. The lowest BCUT2D eigenvalue weighted by Crippen LogP contribution is -2.39. The summed E-state index contributed by atoms with van der Waals surface area (Å²) in [6, 6.07) is 6.19. The Balaban J connectivity index is 1.48. The first-order valence-electron chi connectivity index (χ1n) is 8.34. The van der Waals surface area contributed by atoms with Crippen molar-refractivity contribution in [1.29, 1.82) is 0 Å². The molecule has 3 aliphatic rings. The monoisotopic (exact) mass is 289 g/mol. The van der Waals surface area contributed by atoms with Crippen molar-refractivity contribution in [3.63, 3.8) is 0 Å². The van der Waals surface area contributed by atoms with E-state index in [1.165, 1.54) is 37.7 Å². The number of halogens is 1. The van der Waals surface area contributed by atoms with Crippen molar-refractivity contribution >= 4 is 0 Å². The zero-order valence-electron chi connectivity index (χ0n) is 12.6. The summed E-state index contributed by atoms with van der Waals surface area (Å²) in [5.74, 6) is -0.0176. The molecular formula is C18H24FNO. The molecule has 0 radical (unpaired) electrons. The van der Waals surface area contributed by atoms with Crippen LogP contribution in [0.1, 0.15) is 43.2 Å². The first-order chi connectivity index (χ1) is 10.3. The van der Waals surface area contributed by atoms with E-state index in [0.29, 0.717) is 11.5 Å². The minimum Gasteiger partial charge on any atom is -0.381 e. The van der Waals surface area contributed by atoms with Crippen molar-refractivity contribution in [2.75, 3.05) is 19.8 Å². The van der Waals surface area contributed by atoms with Crippen molar-refractivity contribution < 1.29 is 9.13 Å². The van der Waals surface area contributed by atoms with Crippen LogP contribution in [0.15, 0.2) is 18.2 Å². The van der Waals surface area contributed by atoms with Gasteiger partial charge in [0.25, 0.3) is 0 Å². The fourth-order valence-electron chi connectivity index (χ4n) is 4.62. The number of fused-ring (bicyclic) bond motifs is 1. The highest BCUT2D eigenvalue weighted by Crippen LogP contribution is 2.47. The number of benzene rings is 1. The average Bonchev–Trinajstić information content (AvgIpc) is 2.92. The van der Waals surface area contributed by atoms with Gasteiger partial charge in [-0.05, 0) is 55.6 Å². The molecule has 0 N–H and O–H groups in total. The van der Waals surface area contributed by atoms with Gasteiger partial charge < -0.3 is 4.74 Å². The van der Waals surface area contributed by atoms with Gasteiger partial charge in [0.1, 0.15) is 5.82 Å². The molecule has 0 amide bonds. The second-order valence-corrected chi connectivity index (χ2v) is 7.11. The normalized spacial score (nSPS) is 28.7. The van der Waals surface area contributed by atoms with Gasteiger partial charge in [0.2, 0.25) is 0 Å². The zero-order chi connectivity index (χ0) is 14.3. The molecule has 2 nitrogen and oxygen atoms in total. The summed E-state index contributed by atoms with van der Waals surface area (Å²) >= 11 is 0. The fraction of sp³-hybridized carbons (Fsp3) is 0.667. The van der Waals surface area contributed by atoms with Crippen molar-refractivity contribution in [2.24, 2.45) is 5.41 Å². The number of hydrogen-bond donors (Lipinski definition) is 0. The molecule has 1 atom stereocenters. The van der Waals surface area contributed by atoms with Crippen LogP contribution in [-0.2, 0) is 17.7 Å². The van der Waals surface area contributed by atoms with Crippen molar-refractivity contribution in [1.82, 2.24) is 4.90 Å². The molecule has 2 fully saturated rings. The van der Waals surface area contributed by atoms with Gasteiger partial charge in [-0.1, -0.05) is 12.1 Å². The van der Waals surface area contributed by atoms with E-state index in [4.69, 9.17) is 4.74 Å². The zero-order valence-corrected chi connectivity index (χ0v) is 12.6. The number of nitrogens with zero attached hydrogens (tertiary/aromatic N) is 1. The van der Waals surface area contributed by atoms with Crippen LogP contribution in [-0.4, -0.2) is 30.7 Å². The molecule has 1 aromatic rings. The molecule has 1 aliphatic carbocycles. The quantitative estimate of drug-likeness (QED) is 0.784. The van der Waals surface area contributed by atoms with E-state index < -0.39 is 0 Å². The largest absolute Gasteiger partial charge is 0.381 e. The first-order valence-corrected chi connectivity index (χ1v) is 8.34. The van der Waals surface area contributed by atoms with Crippen molar-refractivity contribution in [2.45, 2.75) is 51.1 Å². The van der Waals surface area contributed by atoms with Gasteiger partial charge in [-0.25, -0.2) is 4.39 Å². The maximum Gasteiger partial charge on any atom is 0.127 e. The molecule has 4 rings (SSSR count). The number of hydrogen-bond acceptors (Lipinski definition) is 2. The lowest BCUT2D eigenvalue weighted by Gasteiger charge is -2.37. The van der Waals surface area contributed by atoms with Gasteiger partial charge in [0.05, 0.1) is 0 Å². The fourth-order valence-corrected chi connectivity index (χ4v) is 4.62. The van der Waals surface area contributed by atoms with E-state index in [-0.39, 0.29) is 5.82 Å². The summed E-state index contributed by atoms with van der Waals surface area (Å²) in [4.78, 5) is 2.54. The Labute approximate surface area is 126 Å². The number of ether oxygens (including phenoxy) is 1. The van der Waals surface area contributed by atoms with E-state index in [1.807, 2.05) is 6.07 Å². The molecule has 1 spiro atoms. The smallest absolute Gasteiger partial charge is 0.127 e. The maximum atomic E-state index is 14.0. The van der Waals surface area contributed by atoms with Crippen LogP contribution in [0.3, 0.4) is 0 Å². The van der Waals surface area contributed by atoms with Gasteiger partial charge in [-0.15, -0.1) is 0 Å². The summed E-state index contributed by atoms with van der Waals surface area (Å²) in [6.45, 7) is 3.77. The van der Waals surface area contributed by atoms with Crippen LogP contribution in [0.5, 0.6) is 0 Å². The third-order valence-electron chi connectivity index (χ3n) is 5.99. The van der Waals surface area contributed by atoms with E-state index in [0.717, 1.165) is 38.3 Å². The predicted octanol–water partition coefficient (Wildman–Crippen LogP) is 3.53. The summed E-state index contributed by atoms with van der Waals surface area (Å²) in [7, 11) is 0. The van der Waals surface area contributed by atoms with Gasteiger partial charge >= 0.3 is 0 Å². The molecule has 21 heavy (non-hydrogen) atoms. The van der Waals surface area contributed by atoms with E-state index in [9.17, 15) is 4.39 Å². The Kier molecular flexibility index (Phi) is 3.50. The highest BCUT2D eigenvalue weighted by atomic mass is 19.1. The molecule has 114 valence electrons. The van der Waals surface area contributed by atoms with Crippen LogP contribution in [0, 0.1) is 11.2 Å². The molecular weight excluding hydrogens is 265 g/mol. The molecule has 1 saturated heterocycles. The molecule has 0 aromatic heterocycles. The summed E-state index contributed by atoms with van der Waals surface area (Å²) in [5, 5.41) is 0. The minimum atomic E-state index is -0.0176. The lowest BCUT2D eigenvalue weighted by atomic mass is 9.78. The van der Waals surface area contributed by atoms with Gasteiger partial charge in [-0.2, -0.15) is 0 Å². The predicted molar refractivity (Wildman–Crippen MR) is 80.6 cm³/mol. The van der Waals surface area contributed by atoms with Gasteiger partial charge in [0.15, 0.2) is 0 Å². The van der Waals surface area contributed by atoms with E-state index in [2.05, 4.69) is 11.0 Å². The van der Waals surface area contributed by atoms with E-state index >= 15 is 0 Å². The molecule has 2 heterocycles. The van der Waals surface area contributed by atoms with Crippen LogP contribution in [0.25, 0.3) is 0 Å². The van der Waals surface area contributed by atoms with Crippen molar-refractivity contribution in [3.8, 4) is 0 Å². The highest BCUT2D eigenvalue weighted by Gasteiger charge is 2.42. The molecule has 1 saturated carbocycles. The second-order valence-electron chi connectivity index (χ2n) is 7.11. The highest BCUT2D eigenvalue weighted by molar-refractivity contribution is 5.30. The Morgan fingerprint density at radius 3 is 2.90 bits per heavy atom. The molecule has 3 heteroatoms. The Morgan fingerprint density at radius 1 is 1.19 bits per heavy atom. The SMILES string of the molecule is Fc1cccc2c1CN([C@H]1CCC3(CCOCC3)C1)CC2. The summed E-state index contributed by atoms with van der Waals surface area (Å²) < 4.78 is 19.6. The van der Waals surface area contributed by atoms with Gasteiger partial charge in [0, 0.05) is 37.9 Å². The average molecular weight is 289 g/mol. The summed E-state index contributed by atoms with van der Waals surface area (Å²) in [6.07, 6.45) is 7.36. The second kappa shape index (κ2) is 5.36. The molecule has 1 aromatic carbocycles. The van der Waals surface area contributed by atoms with Crippen LogP contribution < -0.4 is 0 Å². The number of rotatable bonds is 1. The van der Waals surface area contributed by atoms with Crippen LogP contribution in [0.2, 0.25) is 0 Å². The van der Waals surface area contributed by atoms with Crippen LogP contribution in [0.4, 0.5) is 4.39 Å². The molecule has 0 unspecified atom stereocenters. The topological polar surface area (TPSA) is 12.5 Å². The van der Waals surface area contributed by atoms with Gasteiger partial charge in [-0.3, -0.25) is 4.90 Å². The third kappa shape index (κ3) is 2.51. The standard InChI is InChI=1S/C18H24FNO/c19-17-3-1-2-14-5-9-20(13-16(14)17)15-4-6-18(12-15)7-10-21-11-8-18/h1-3,15H,4-13H2/t15-/m0/s1. The maximum absolute atomic E-state index is 14.0. The third-order valence-corrected chi connectivity index (χ3v) is 5.99. The Morgan fingerprint density at radius 2 is 2.05 bits per heavy atom. The summed E-state index contributed by atoms with van der Waals surface area (Å²) in [5.41, 5.74) is 2.68. The Bertz CT molecular complexity index is 524. The van der Waals surface area contributed by atoms with Crippen molar-refractivity contribution in [3.05, 3.63) is 35.1 Å². The minimum absolute atomic E-state index is 0.0176. The van der Waals surface area contributed by atoms with Crippen LogP contribution >= 0.6 is 0 Å². The Hall–Kier alpha value is -0.930. The first kappa shape index (κ1) is 13.7.